The molecule has 6 heteroatoms. The fourth-order valence-corrected chi connectivity index (χ4v) is 4.51. The van der Waals surface area contributed by atoms with Gasteiger partial charge in [0.25, 0.3) is 0 Å². The highest BCUT2D eigenvalue weighted by molar-refractivity contribution is 7.97. The molecule has 0 nitrogen and oxygen atoms in total. The molecule has 0 heterocycles. The van der Waals surface area contributed by atoms with Crippen molar-refractivity contribution in [3.8, 4) is 0 Å². The Morgan fingerprint density at radius 2 is 1.12 bits per heavy atom. The van der Waals surface area contributed by atoms with Crippen LogP contribution in [0.15, 0.2) is 87.5 Å². The largest absolute Gasteiger partial charge is 0.416 e. The van der Waals surface area contributed by atoms with E-state index in [0.717, 1.165) is 23.1 Å². The molecule has 0 aliphatic heterocycles. The Hall–Kier alpha value is -2.34. The number of hydrogen-bond acceptors (Lipinski definition) is 0. The van der Waals surface area contributed by atoms with Crippen molar-refractivity contribution in [2.24, 2.45) is 0 Å². The van der Waals surface area contributed by atoms with Crippen LogP contribution in [0, 0.1) is 11.6 Å². The van der Waals surface area contributed by atoms with Crippen LogP contribution in [0.25, 0.3) is 0 Å². The molecule has 25 heavy (non-hydrogen) atoms. The smallest absolute Gasteiger partial charge is 0.207 e. The first kappa shape index (κ1) is 17.5. The predicted molar refractivity (Wildman–Crippen MR) is 86.4 cm³/mol. The van der Waals surface area contributed by atoms with Gasteiger partial charge in [0.1, 0.15) is 11.6 Å². The molecular formula is C19H12F5S+. The molecule has 128 valence electrons. The molecule has 0 radical (unpaired) electrons. The molecule has 0 saturated heterocycles. The van der Waals surface area contributed by atoms with E-state index in [0.29, 0.717) is 9.79 Å². The fourth-order valence-electron chi connectivity index (χ4n) is 2.39. The second kappa shape index (κ2) is 6.88. The first-order chi connectivity index (χ1) is 11.8. The van der Waals surface area contributed by atoms with Gasteiger partial charge in [-0.2, -0.15) is 13.2 Å². The van der Waals surface area contributed by atoms with Crippen molar-refractivity contribution in [2.75, 3.05) is 0 Å². The fraction of sp³-hybridized carbons (Fsp3) is 0.0526. The highest BCUT2D eigenvalue weighted by atomic mass is 32.2. The maximum Gasteiger partial charge on any atom is 0.416 e. The number of halogens is 5. The van der Waals surface area contributed by atoms with Gasteiger partial charge in [-0.1, -0.05) is 18.2 Å². The van der Waals surface area contributed by atoms with Gasteiger partial charge >= 0.3 is 6.18 Å². The molecule has 0 amide bonds. The van der Waals surface area contributed by atoms with Gasteiger partial charge < -0.3 is 0 Å². The van der Waals surface area contributed by atoms with Gasteiger partial charge in [0.05, 0.1) is 16.5 Å². The molecule has 1 atom stereocenters. The van der Waals surface area contributed by atoms with Crippen molar-refractivity contribution >= 4 is 10.9 Å². The molecule has 1 unspecified atom stereocenters. The van der Waals surface area contributed by atoms with E-state index in [1.165, 1.54) is 24.3 Å². The third-order valence-corrected chi connectivity index (χ3v) is 5.66. The van der Waals surface area contributed by atoms with Crippen molar-refractivity contribution in [2.45, 2.75) is 20.9 Å². The molecule has 0 saturated carbocycles. The van der Waals surface area contributed by atoms with Crippen LogP contribution in [0.2, 0.25) is 0 Å². The van der Waals surface area contributed by atoms with Gasteiger partial charge in [-0.05, 0) is 36.4 Å². The summed E-state index contributed by atoms with van der Waals surface area (Å²) in [4.78, 5) is 1.67. The van der Waals surface area contributed by atoms with Crippen molar-refractivity contribution in [3.05, 3.63) is 90.0 Å². The summed E-state index contributed by atoms with van der Waals surface area (Å²) in [6, 6.07) is 16.7. The Morgan fingerprint density at radius 1 is 0.600 bits per heavy atom. The lowest BCUT2D eigenvalue weighted by Crippen LogP contribution is -2.08. The molecule has 0 spiro atoms. The van der Waals surface area contributed by atoms with E-state index in [-0.39, 0.29) is 0 Å². The summed E-state index contributed by atoms with van der Waals surface area (Å²) in [5, 5.41) is 0. The summed E-state index contributed by atoms with van der Waals surface area (Å²) >= 11 is 0. The van der Waals surface area contributed by atoms with Crippen molar-refractivity contribution in [1.82, 2.24) is 0 Å². The second-order valence-corrected chi connectivity index (χ2v) is 7.27. The molecule has 0 aromatic heterocycles. The number of alkyl halides is 3. The summed E-state index contributed by atoms with van der Waals surface area (Å²) in [7, 11) is -0.918. The zero-order chi connectivity index (χ0) is 18.0. The predicted octanol–water partition coefficient (Wildman–Crippen LogP) is 6.08. The third kappa shape index (κ3) is 4.02. The number of hydrogen-bond donors (Lipinski definition) is 0. The van der Waals surface area contributed by atoms with E-state index >= 15 is 0 Å². The zero-order valence-electron chi connectivity index (χ0n) is 12.7. The molecule has 0 bridgehead atoms. The zero-order valence-corrected chi connectivity index (χ0v) is 13.5. The molecule has 3 aromatic rings. The van der Waals surface area contributed by atoms with E-state index < -0.39 is 34.3 Å². The van der Waals surface area contributed by atoms with Gasteiger partial charge in [0.15, 0.2) is 14.7 Å². The highest BCUT2D eigenvalue weighted by Gasteiger charge is 2.33. The van der Waals surface area contributed by atoms with Crippen LogP contribution in [0.1, 0.15) is 5.56 Å². The van der Waals surface area contributed by atoms with Crippen LogP contribution in [0.3, 0.4) is 0 Å². The Labute approximate surface area is 144 Å². The van der Waals surface area contributed by atoms with Crippen LogP contribution >= 0.6 is 0 Å². The van der Waals surface area contributed by atoms with Crippen LogP contribution in [-0.4, -0.2) is 0 Å². The topological polar surface area (TPSA) is 0 Å². The number of rotatable bonds is 3. The average Bonchev–Trinajstić information content (AvgIpc) is 2.55. The van der Waals surface area contributed by atoms with E-state index in [1.807, 2.05) is 0 Å². The molecule has 0 N–H and O–H groups in total. The minimum absolute atomic E-state index is 0.364. The van der Waals surface area contributed by atoms with Crippen LogP contribution in [0.4, 0.5) is 22.0 Å². The Kier molecular flexibility index (Phi) is 4.81. The molecule has 0 aliphatic carbocycles. The van der Waals surface area contributed by atoms with E-state index in [4.69, 9.17) is 0 Å². The SMILES string of the molecule is Fc1cc(F)cc([S+](c2ccccc2)c2ccc(C(F)(F)F)cc2)c1. The van der Waals surface area contributed by atoms with E-state index in [9.17, 15) is 22.0 Å². The summed E-state index contributed by atoms with van der Waals surface area (Å²) in [5.41, 5.74) is -0.765. The molecule has 3 rings (SSSR count). The minimum Gasteiger partial charge on any atom is -0.207 e. The molecule has 3 aromatic carbocycles. The Balaban J connectivity index is 2.12. The average molecular weight is 367 g/mol. The van der Waals surface area contributed by atoms with Crippen LogP contribution in [0.5, 0.6) is 0 Å². The second-order valence-electron chi connectivity index (χ2n) is 5.25. The Bertz CT molecular complexity index is 837. The molecular weight excluding hydrogens is 355 g/mol. The van der Waals surface area contributed by atoms with Crippen molar-refractivity contribution in [3.63, 3.8) is 0 Å². The monoisotopic (exact) mass is 367 g/mol. The maximum atomic E-state index is 13.7. The minimum atomic E-state index is -4.44. The van der Waals surface area contributed by atoms with Gasteiger partial charge in [-0.3, -0.25) is 0 Å². The summed E-state index contributed by atoms with van der Waals surface area (Å²) in [5.74, 6) is -1.45. The first-order valence-electron chi connectivity index (χ1n) is 7.27. The van der Waals surface area contributed by atoms with Gasteiger partial charge in [-0.15, -0.1) is 0 Å². The molecule has 0 fully saturated rings. The van der Waals surface area contributed by atoms with Crippen LogP contribution < -0.4 is 0 Å². The number of benzene rings is 3. The van der Waals surface area contributed by atoms with E-state index in [2.05, 4.69) is 0 Å². The quantitative estimate of drug-likeness (QED) is 0.389. The lowest BCUT2D eigenvalue weighted by Gasteiger charge is -2.10. The Morgan fingerprint density at radius 3 is 1.64 bits per heavy atom. The lowest BCUT2D eigenvalue weighted by molar-refractivity contribution is -0.137. The maximum absolute atomic E-state index is 13.7. The summed E-state index contributed by atoms with van der Waals surface area (Å²) in [6.45, 7) is 0. The van der Waals surface area contributed by atoms with E-state index in [1.54, 1.807) is 30.3 Å². The van der Waals surface area contributed by atoms with Crippen molar-refractivity contribution < 1.29 is 22.0 Å². The lowest BCUT2D eigenvalue weighted by atomic mass is 10.2. The summed E-state index contributed by atoms with van der Waals surface area (Å²) in [6.07, 6.45) is -4.44. The first-order valence-corrected chi connectivity index (χ1v) is 8.50. The summed E-state index contributed by atoms with van der Waals surface area (Å²) < 4.78 is 65.6. The van der Waals surface area contributed by atoms with Gasteiger partial charge in [0.2, 0.25) is 0 Å². The van der Waals surface area contributed by atoms with Gasteiger partial charge in [-0.25, -0.2) is 8.78 Å². The van der Waals surface area contributed by atoms with Crippen LogP contribution in [-0.2, 0) is 17.1 Å². The molecule has 0 aliphatic rings. The highest BCUT2D eigenvalue weighted by Crippen LogP contribution is 2.34. The van der Waals surface area contributed by atoms with Gasteiger partial charge in [0, 0.05) is 18.2 Å². The van der Waals surface area contributed by atoms with Crippen molar-refractivity contribution in [1.29, 1.82) is 0 Å². The normalized spacial score (nSPS) is 12.8. The third-order valence-electron chi connectivity index (χ3n) is 3.47. The standard InChI is InChI=1S/C19H12F5S/c20-14-10-15(21)12-18(11-14)25(16-4-2-1-3-5-16)17-8-6-13(7-9-17)19(22,23)24/h1-12H/q+1.